The molecule has 0 saturated heterocycles. The fourth-order valence-electron chi connectivity index (χ4n) is 3.01. The van der Waals surface area contributed by atoms with Crippen LogP contribution in [0.5, 0.6) is 0 Å². The number of carbonyl (C=O) groups is 1. The van der Waals surface area contributed by atoms with Crippen molar-refractivity contribution in [3.8, 4) is 0 Å². The van der Waals surface area contributed by atoms with Crippen molar-refractivity contribution < 1.29 is 4.79 Å². The van der Waals surface area contributed by atoms with Crippen LogP contribution in [0.15, 0.2) is 29.2 Å². The summed E-state index contributed by atoms with van der Waals surface area (Å²) in [6.07, 6.45) is 5.82. The van der Waals surface area contributed by atoms with Gasteiger partial charge in [-0.2, -0.15) is 0 Å². The van der Waals surface area contributed by atoms with Crippen LogP contribution in [0.3, 0.4) is 0 Å². The quantitative estimate of drug-likeness (QED) is 0.838. The van der Waals surface area contributed by atoms with Gasteiger partial charge in [-0.3, -0.25) is 4.79 Å². The second-order valence-electron chi connectivity index (χ2n) is 5.78. The molecule has 2 aliphatic rings. The zero-order valence-corrected chi connectivity index (χ0v) is 13.9. The van der Waals surface area contributed by atoms with E-state index in [1.54, 1.807) is 11.8 Å². The molecule has 108 valence electrons. The molecule has 0 bridgehead atoms. The summed E-state index contributed by atoms with van der Waals surface area (Å²) in [6.45, 7) is 0.853. The van der Waals surface area contributed by atoms with Crippen molar-refractivity contribution in [3.05, 3.63) is 29.8 Å². The highest BCUT2D eigenvalue weighted by Gasteiger charge is 2.28. The van der Waals surface area contributed by atoms with Crippen molar-refractivity contribution in [1.29, 1.82) is 0 Å². The average Bonchev–Trinajstić information content (AvgIpc) is 2.90. The highest BCUT2D eigenvalue weighted by Crippen LogP contribution is 2.36. The fourth-order valence-corrected chi connectivity index (χ4v) is 4.76. The molecule has 0 radical (unpaired) electrons. The first-order valence-corrected chi connectivity index (χ1v) is 9.18. The number of alkyl halides is 1. The van der Waals surface area contributed by atoms with Gasteiger partial charge in [0.25, 0.3) is 0 Å². The number of halogens is 1. The third-order valence-corrected chi connectivity index (χ3v) is 6.51. The Kier molecular flexibility index (Phi) is 4.72. The first-order chi connectivity index (χ1) is 9.72. The minimum Gasteiger partial charge on any atom is -0.355 e. The van der Waals surface area contributed by atoms with Gasteiger partial charge < -0.3 is 5.32 Å². The predicted octanol–water partition coefficient (Wildman–Crippen LogP) is 3.77. The molecule has 20 heavy (non-hydrogen) atoms. The van der Waals surface area contributed by atoms with Gasteiger partial charge in [0.05, 0.1) is 5.25 Å². The number of thioether (sulfide) groups is 1. The van der Waals surface area contributed by atoms with Crippen molar-refractivity contribution in [1.82, 2.24) is 5.32 Å². The maximum atomic E-state index is 12.3. The smallest absolute Gasteiger partial charge is 0.233 e. The number of benzene rings is 1. The molecule has 0 spiro atoms. The van der Waals surface area contributed by atoms with Gasteiger partial charge >= 0.3 is 0 Å². The number of carbonyl (C=O) groups excluding carboxylic acids is 1. The molecule has 1 aliphatic carbocycles. The van der Waals surface area contributed by atoms with Crippen molar-refractivity contribution in [3.63, 3.8) is 0 Å². The molecule has 1 N–H and O–H groups in total. The lowest BCUT2D eigenvalue weighted by molar-refractivity contribution is -0.120. The fraction of sp³-hybridized carbons (Fsp3) is 0.562. The Hall–Kier alpha value is -0.480. The molecule has 1 saturated carbocycles. The number of hydrogen-bond acceptors (Lipinski definition) is 2. The SMILES string of the molecule is O=C(NCC1CCC(Br)CC1)C1Cc2ccccc2S1. The first-order valence-electron chi connectivity index (χ1n) is 7.38. The van der Waals surface area contributed by atoms with Crippen LogP contribution in [0.25, 0.3) is 0 Å². The van der Waals surface area contributed by atoms with Crippen LogP contribution in [0.1, 0.15) is 31.2 Å². The summed E-state index contributed by atoms with van der Waals surface area (Å²) in [7, 11) is 0. The van der Waals surface area contributed by atoms with E-state index in [-0.39, 0.29) is 11.2 Å². The lowest BCUT2D eigenvalue weighted by Gasteiger charge is -2.25. The minimum atomic E-state index is 0.0694. The van der Waals surface area contributed by atoms with Crippen molar-refractivity contribution in [2.75, 3.05) is 6.54 Å². The summed E-state index contributed by atoms with van der Waals surface area (Å²) in [5.41, 5.74) is 1.32. The summed E-state index contributed by atoms with van der Waals surface area (Å²) in [5.74, 6) is 0.883. The molecular weight excluding hydrogens is 334 g/mol. The normalized spacial score (nSPS) is 28.9. The number of amides is 1. The third-order valence-electron chi connectivity index (χ3n) is 4.28. The van der Waals surface area contributed by atoms with Crippen LogP contribution in [0, 0.1) is 5.92 Å². The summed E-state index contributed by atoms with van der Waals surface area (Å²) in [6, 6.07) is 8.35. The standard InChI is InChI=1S/C16H20BrNOS/c17-13-7-5-11(6-8-13)10-18-16(19)15-9-12-3-1-2-4-14(12)20-15/h1-4,11,13,15H,5-10H2,(H,18,19). The van der Waals surface area contributed by atoms with Crippen LogP contribution < -0.4 is 5.32 Å². The number of fused-ring (bicyclic) bond motifs is 1. The van der Waals surface area contributed by atoms with Gasteiger partial charge in [0.2, 0.25) is 5.91 Å². The van der Waals surface area contributed by atoms with Crippen molar-refractivity contribution in [2.45, 2.75) is 47.1 Å². The Morgan fingerprint density at radius 2 is 2.00 bits per heavy atom. The van der Waals surface area contributed by atoms with Crippen molar-refractivity contribution >= 4 is 33.6 Å². The van der Waals surface area contributed by atoms with Gasteiger partial charge in [-0.25, -0.2) is 0 Å². The molecule has 1 heterocycles. The van der Waals surface area contributed by atoms with Gasteiger partial charge in [-0.1, -0.05) is 34.1 Å². The molecule has 1 fully saturated rings. The van der Waals surface area contributed by atoms with Crippen LogP contribution in [-0.4, -0.2) is 22.5 Å². The van der Waals surface area contributed by atoms with E-state index in [4.69, 9.17) is 0 Å². The molecule has 1 aromatic rings. The second kappa shape index (κ2) is 6.52. The molecule has 1 amide bonds. The Morgan fingerprint density at radius 1 is 1.25 bits per heavy atom. The Balaban J connectivity index is 1.47. The van der Waals surface area contributed by atoms with E-state index in [1.807, 2.05) is 6.07 Å². The average molecular weight is 354 g/mol. The summed E-state index contributed by atoms with van der Waals surface area (Å²) >= 11 is 5.39. The van der Waals surface area contributed by atoms with Gasteiger partial charge in [0, 0.05) is 16.3 Å². The van der Waals surface area contributed by atoms with E-state index in [9.17, 15) is 4.79 Å². The van der Waals surface area contributed by atoms with Gasteiger partial charge in [-0.15, -0.1) is 11.8 Å². The topological polar surface area (TPSA) is 29.1 Å². The maximum Gasteiger partial charge on any atom is 0.233 e. The number of rotatable bonds is 3. The molecular formula is C16H20BrNOS. The monoisotopic (exact) mass is 353 g/mol. The second-order valence-corrected chi connectivity index (χ2v) is 8.32. The van der Waals surface area contributed by atoms with E-state index < -0.39 is 0 Å². The molecule has 1 aromatic carbocycles. The molecule has 3 rings (SSSR count). The maximum absolute atomic E-state index is 12.3. The Labute approximate surface area is 133 Å². The zero-order valence-electron chi connectivity index (χ0n) is 11.5. The first kappa shape index (κ1) is 14.5. The molecule has 1 atom stereocenters. The van der Waals surface area contributed by atoms with E-state index in [0.29, 0.717) is 10.7 Å². The third kappa shape index (κ3) is 3.40. The molecule has 1 aliphatic heterocycles. The lowest BCUT2D eigenvalue weighted by atomic mass is 9.89. The van der Waals surface area contributed by atoms with E-state index in [0.717, 1.165) is 13.0 Å². The highest BCUT2D eigenvalue weighted by molar-refractivity contribution is 9.09. The predicted molar refractivity (Wildman–Crippen MR) is 87.5 cm³/mol. The highest BCUT2D eigenvalue weighted by atomic mass is 79.9. The molecule has 1 unspecified atom stereocenters. The van der Waals surface area contributed by atoms with Gasteiger partial charge in [-0.05, 0) is 49.7 Å². The number of hydrogen-bond donors (Lipinski definition) is 1. The number of nitrogens with one attached hydrogen (secondary N) is 1. The molecule has 0 aromatic heterocycles. The molecule has 2 nitrogen and oxygen atoms in total. The van der Waals surface area contributed by atoms with Crippen LogP contribution in [0.2, 0.25) is 0 Å². The molecule has 4 heteroatoms. The van der Waals surface area contributed by atoms with Crippen LogP contribution in [-0.2, 0) is 11.2 Å². The van der Waals surface area contributed by atoms with Crippen molar-refractivity contribution in [2.24, 2.45) is 5.92 Å². The minimum absolute atomic E-state index is 0.0694. The van der Waals surface area contributed by atoms with E-state index in [2.05, 4.69) is 39.4 Å². The Morgan fingerprint density at radius 3 is 2.75 bits per heavy atom. The van der Waals surface area contributed by atoms with Crippen LogP contribution >= 0.6 is 27.7 Å². The van der Waals surface area contributed by atoms with Gasteiger partial charge in [0.15, 0.2) is 0 Å². The summed E-state index contributed by atoms with van der Waals surface area (Å²) in [5, 5.41) is 3.24. The largest absolute Gasteiger partial charge is 0.355 e. The van der Waals surface area contributed by atoms with E-state index in [1.165, 1.54) is 36.1 Å². The summed E-state index contributed by atoms with van der Waals surface area (Å²) in [4.78, 5) is 14.2. The lowest BCUT2D eigenvalue weighted by Crippen LogP contribution is -2.36. The Bertz CT molecular complexity index is 460. The van der Waals surface area contributed by atoms with Crippen LogP contribution in [0.4, 0.5) is 0 Å². The van der Waals surface area contributed by atoms with Gasteiger partial charge in [0.1, 0.15) is 0 Å². The van der Waals surface area contributed by atoms with E-state index >= 15 is 0 Å². The zero-order chi connectivity index (χ0) is 13.9. The summed E-state index contributed by atoms with van der Waals surface area (Å²) < 4.78 is 0.